The van der Waals surface area contributed by atoms with Gasteiger partial charge in [0.2, 0.25) is 6.79 Å². The number of benzene rings is 2. The third-order valence-corrected chi connectivity index (χ3v) is 4.62. The van der Waals surface area contributed by atoms with Crippen LogP contribution in [0, 0.1) is 0 Å². The highest BCUT2D eigenvalue weighted by Crippen LogP contribution is 2.37. The van der Waals surface area contributed by atoms with Crippen LogP contribution in [0.4, 0.5) is 4.79 Å². The van der Waals surface area contributed by atoms with E-state index in [0.29, 0.717) is 17.1 Å². The molecule has 2 aromatic carbocycles. The van der Waals surface area contributed by atoms with E-state index in [9.17, 15) is 9.59 Å². The number of ether oxygens (including phenoxy) is 2. The van der Waals surface area contributed by atoms with Gasteiger partial charge in [0.05, 0.1) is 0 Å². The summed E-state index contributed by atoms with van der Waals surface area (Å²) in [6.45, 7) is 2.07. The van der Waals surface area contributed by atoms with Gasteiger partial charge >= 0.3 is 6.03 Å². The summed E-state index contributed by atoms with van der Waals surface area (Å²) in [6, 6.07) is 14.6. The fourth-order valence-corrected chi connectivity index (χ4v) is 3.12. The van der Waals surface area contributed by atoms with Gasteiger partial charge in [0.25, 0.3) is 5.91 Å². The average Bonchev–Trinajstić information content (AvgIpc) is 3.20. The van der Waals surface area contributed by atoms with Crippen molar-refractivity contribution in [3.8, 4) is 11.5 Å². The van der Waals surface area contributed by atoms with Crippen molar-refractivity contribution in [2.75, 3.05) is 13.3 Å². The molecule has 1 unspecified atom stereocenters. The normalized spacial score (nSPS) is 21.5. The second-order valence-corrected chi connectivity index (χ2v) is 6.35. The van der Waals surface area contributed by atoms with Gasteiger partial charge in [-0.05, 0) is 30.2 Å². The Hall–Kier alpha value is -3.28. The molecule has 6 nitrogen and oxygen atoms in total. The minimum atomic E-state index is -1.13. The number of rotatable bonds is 4. The molecule has 0 aromatic heterocycles. The summed E-state index contributed by atoms with van der Waals surface area (Å²) in [4.78, 5) is 26.5. The van der Waals surface area contributed by atoms with Gasteiger partial charge in [-0.1, -0.05) is 48.6 Å². The molecule has 6 heteroatoms. The minimum absolute atomic E-state index is 0.159. The van der Waals surface area contributed by atoms with Crippen molar-refractivity contribution < 1.29 is 19.1 Å². The minimum Gasteiger partial charge on any atom is -0.454 e. The third kappa shape index (κ3) is 2.69. The van der Waals surface area contributed by atoms with E-state index in [1.54, 1.807) is 31.2 Å². The van der Waals surface area contributed by atoms with Crippen LogP contribution in [0.5, 0.6) is 11.5 Å². The van der Waals surface area contributed by atoms with E-state index in [4.69, 9.17) is 9.47 Å². The quantitative estimate of drug-likeness (QED) is 0.861. The van der Waals surface area contributed by atoms with Crippen LogP contribution >= 0.6 is 0 Å². The lowest BCUT2D eigenvalue weighted by Gasteiger charge is -2.22. The molecule has 2 aliphatic rings. The number of hydrogen-bond acceptors (Lipinski definition) is 4. The Morgan fingerprint density at radius 2 is 1.88 bits per heavy atom. The summed E-state index contributed by atoms with van der Waals surface area (Å²) < 4.78 is 10.7. The third-order valence-electron chi connectivity index (χ3n) is 4.62. The molecule has 1 atom stereocenters. The number of amides is 3. The first-order valence-electron chi connectivity index (χ1n) is 8.34. The van der Waals surface area contributed by atoms with Gasteiger partial charge in [0.15, 0.2) is 11.5 Å². The van der Waals surface area contributed by atoms with Crippen LogP contribution < -0.4 is 14.8 Å². The molecule has 132 valence electrons. The first-order chi connectivity index (χ1) is 12.6. The number of carbonyl (C=O) groups excluding carboxylic acids is 2. The Kier molecular flexibility index (Phi) is 3.88. The molecule has 0 bridgehead atoms. The second kappa shape index (κ2) is 6.22. The van der Waals surface area contributed by atoms with Gasteiger partial charge < -0.3 is 14.8 Å². The summed E-state index contributed by atoms with van der Waals surface area (Å²) >= 11 is 0. The first-order valence-corrected chi connectivity index (χ1v) is 8.34. The van der Waals surface area contributed by atoms with Crippen molar-refractivity contribution >= 4 is 18.0 Å². The largest absolute Gasteiger partial charge is 0.454 e. The van der Waals surface area contributed by atoms with E-state index >= 15 is 0 Å². The maximum atomic E-state index is 12.9. The topological polar surface area (TPSA) is 67.9 Å². The van der Waals surface area contributed by atoms with E-state index in [-0.39, 0.29) is 19.2 Å². The number of imide groups is 1. The zero-order valence-electron chi connectivity index (χ0n) is 14.3. The average molecular weight is 350 g/mol. The lowest BCUT2D eigenvalue weighted by atomic mass is 9.91. The van der Waals surface area contributed by atoms with E-state index < -0.39 is 11.6 Å². The number of fused-ring (bicyclic) bond motifs is 1. The van der Waals surface area contributed by atoms with Gasteiger partial charge in [-0.3, -0.25) is 9.69 Å². The van der Waals surface area contributed by atoms with E-state index in [1.165, 1.54) is 4.90 Å². The molecule has 0 aliphatic carbocycles. The lowest BCUT2D eigenvalue weighted by molar-refractivity contribution is -0.130. The molecule has 1 fully saturated rings. The van der Waals surface area contributed by atoms with Crippen LogP contribution in [-0.2, 0) is 10.3 Å². The molecule has 2 aromatic rings. The number of nitrogens with one attached hydrogen (secondary N) is 1. The van der Waals surface area contributed by atoms with Gasteiger partial charge in [0, 0.05) is 6.54 Å². The molecule has 1 N–H and O–H groups in total. The zero-order valence-corrected chi connectivity index (χ0v) is 14.3. The number of carbonyl (C=O) groups is 2. The molecule has 0 spiro atoms. The van der Waals surface area contributed by atoms with Crippen molar-refractivity contribution in [2.45, 2.75) is 12.5 Å². The van der Waals surface area contributed by atoms with E-state index in [0.717, 1.165) is 5.56 Å². The van der Waals surface area contributed by atoms with Crippen LogP contribution in [-0.4, -0.2) is 30.2 Å². The monoisotopic (exact) mass is 350 g/mol. The van der Waals surface area contributed by atoms with E-state index in [2.05, 4.69) is 5.32 Å². The number of nitrogens with zero attached hydrogens (tertiary/aromatic N) is 1. The molecule has 4 rings (SSSR count). The second-order valence-electron chi connectivity index (χ2n) is 6.35. The predicted octanol–water partition coefficient (Wildman–Crippen LogP) is 2.90. The Labute approximate surface area is 151 Å². The van der Waals surface area contributed by atoms with Crippen molar-refractivity contribution in [2.24, 2.45) is 0 Å². The van der Waals surface area contributed by atoms with Crippen molar-refractivity contribution in [3.05, 3.63) is 65.7 Å². The lowest BCUT2D eigenvalue weighted by Crippen LogP contribution is -2.40. The van der Waals surface area contributed by atoms with Gasteiger partial charge in [-0.2, -0.15) is 0 Å². The number of hydrogen-bond donors (Lipinski definition) is 1. The van der Waals surface area contributed by atoms with Crippen LogP contribution in [0.15, 0.2) is 54.6 Å². The van der Waals surface area contributed by atoms with Gasteiger partial charge in [-0.25, -0.2) is 4.79 Å². The Balaban J connectivity index is 1.54. The molecule has 0 radical (unpaired) electrons. The highest BCUT2D eigenvalue weighted by molar-refractivity contribution is 6.07. The molecule has 0 saturated carbocycles. The fraction of sp³-hybridized carbons (Fsp3) is 0.200. The summed E-state index contributed by atoms with van der Waals surface area (Å²) in [5, 5.41) is 2.79. The van der Waals surface area contributed by atoms with E-state index in [1.807, 2.05) is 36.4 Å². The molecule has 2 heterocycles. The Bertz CT molecular complexity index is 894. The Morgan fingerprint density at radius 1 is 1.12 bits per heavy atom. The molecule has 3 amide bonds. The summed E-state index contributed by atoms with van der Waals surface area (Å²) in [5.41, 5.74) is 0.547. The zero-order chi connectivity index (χ0) is 18.1. The summed E-state index contributed by atoms with van der Waals surface area (Å²) in [7, 11) is 0. The summed E-state index contributed by atoms with van der Waals surface area (Å²) in [6.07, 6.45) is 3.69. The van der Waals surface area contributed by atoms with Crippen LogP contribution in [0.3, 0.4) is 0 Å². The SMILES string of the molecule is CC1(c2ccc3c(c2)OCO3)NC(=O)N(CC=Cc2ccccc2)C1=O. The maximum absolute atomic E-state index is 12.9. The van der Waals surface area contributed by atoms with Crippen LogP contribution in [0.25, 0.3) is 6.08 Å². The highest BCUT2D eigenvalue weighted by atomic mass is 16.7. The van der Waals surface area contributed by atoms with Crippen molar-refractivity contribution in [3.63, 3.8) is 0 Å². The smallest absolute Gasteiger partial charge is 0.325 e. The predicted molar refractivity (Wildman–Crippen MR) is 95.6 cm³/mol. The Morgan fingerprint density at radius 3 is 2.69 bits per heavy atom. The standard InChI is InChI=1S/C20H18N2O4/c1-20(15-9-10-16-17(12-15)26-13-25-16)18(23)22(19(24)21-20)11-5-8-14-6-3-2-4-7-14/h2-10,12H,11,13H2,1H3,(H,21,24). The highest BCUT2D eigenvalue weighted by Gasteiger charge is 2.48. The van der Waals surface area contributed by atoms with Crippen molar-refractivity contribution in [1.82, 2.24) is 10.2 Å². The van der Waals surface area contributed by atoms with Gasteiger partial charge in [-0.15, -0.1) is 0 Å². The fourth-order valence-electron chi connectivity index (χ4n) is 3.12. The number of urea groups is 1. The molecule has 2 aliphatic heterocycles. The molecular formula is C20H18N2O4. The molecular weight excluding hydrogens is 332 g/mol. The molecule has 1 saturated heterocycles. The van der Waals surface area contributed by atoms with Crippen LogP contribution in [0.2, 0.25) is 0 Å². The maximum Gasteiger partial charge on any atom is 0.325 e. The summed E-state index contributed by atoms with van der Waals surface area (Å²) in [5.74, 6) is 0.920. The van der Waals surface area contributed by atoms with Crippen LogP contribution in [0.1, 0.15) is 18.1 Å². The molecule has 26 heavy (non-hydrogen) atoms. The first kappa shape index (κ1) is 16.2. The van der Waals surface area contributed by atoms with Gasteiger partial charge in [0.1, 0.15) is 5.54 Å². The van der Waals surface area contributed by atoms with Crippen molar-refractivity contribution in [1.29, 1.82) is 0 Å².